The molecular weight excluding hydrogens is 270 g/mol. The fourth-order valence-electron chi connectivity index (χ4n) is 2.07. The van der Waals surface area contributed by atoms with E-state index < -0.39 is 0 Å². The first-order chi connectivity index (χ1) is 9.76. The lowest BCUT2D eigenvalue weighted by Crippen LogP contribution is -2.14. The van der Waals surface area contributed by atoms with Gasteiger partial charge in [0.05, 0.1) is 22.9 Å². The van der Waals surface area contributed by atoms with Gasteiger partial charge in [-0.05, 0) is 23.8 Å². The minimum Gasteiger partial charge on any atom is -0.399 e. The maximum atomic E-state index is 9.55. The number of nitrogens with zero attached hydrogens (tertiary/aromatic N) is 1. The number of nitrogens with two attached hydrogens (primary N) is 1. The number of hydrogen-bond acceptors (Lipinski definition) is 5. The summed E-state index contributed by atoms with van der Waals surface area (Å²) in [5.41, 5.74) is 8.45. The van der Waals surface area contributed by atoms with Crippen LogP contribution < -0.4 is 11.1 Å². The average molecular weight is 285 g/mol. The Bertz CT molecular complexity index is 711. The minimum absolute atomic E-state index is 0.0159. The van der Waals surface area contributed by atoms with E-state index in [2.05, 4.69) is 10.3 Å². The van der Waals surface area contributed by atoms with E-state index in [1.165, 1.54) is 11.3 Å². The first-order valence-electron chi connectivity index (χ1n) is 6.34. The molecule has 102 valence electrons. The molecule has 0 saturated heterocycles. The third-order valence-electron chi connectivity index (χ3n) is 3.09. The summed E-state index contributed by atoms with van der Waals surface area (Å²) >= 11 is 1.54. The summed E-state index contributed by atoms with van der Waals surface area (Å²) in [7, 11) is 0. The smallest absolute Gasteiger partial charge is 0.184 e. The van der Waals surface area contributed by atoms with Gasteiger partial charge in [-0.25, -0.2) is 4.98 Å². The van der Waals surface area contributed by atoms with Crippen molar-refractivity contribution in [3.63, 3.8) is 0 Å². The monoisotopic (exact) mass is 285 g/mol. The second kappa shape index (κ2) is 5.48. The van der Waals surface area contributed by atoms with Crippen LogP contribution in [0.1, 0.15) is 11.6 Å². The molecule has 0 bridgehead atoms. The van der Waals surface area contributed by atoms with Gasteiger partial charge in [0, 0.05) is 5.69 Å². The number of hydrogen-bond donors (Lipinski definition) is 3. The normalized spacial score (nSPS) is 12.4. The molecule has 3 rings (SSSR count). The zero-order valence-electron chi connectivity index (χ0n) is 10.8. The van der Waals surface area contributed by atoms with Crippen LogP contribution in [-0.2, 0) is 0 Å². The van der Waals surface area contributed by atoms with Gasteiger partial charge in [-0.2, -0.15) is 0 Å². The fraction of sp³-hybridized carbons (Fsp3) is 0.133. The molecule has 0 aliphatic rings. The van der Waals surface area contributed by atoms with Crippen LogP contribution in [0.4, 0.5) is 10.8 Å². The Balaban J connectivity index is 1.87. The van der Waals surface area contributed by atoms with Crippen molar-refractivity contribution in [2.45, 2.75) is 6.04 Å². The zero-order valence-corrected chi connectivity index (χ0v) is 11.6. The third-order valence-corrected chi connectivity index (χ3v) is 4.04. The molecule has 4 N–H and O–H groups in total. The molecule has 0 spiro atoms. The molecular formula is C15H15N3OS. The van der Waals surface area contributed by atoms with Crippen molar-refractivity contribution >= 4 is 32.4 Å². The van der Waals surface area contributed by atoms with Gasteiger partial charge in [0.15, 0.2) is 5.13 Å². The Hall–Kier alpha value is -2.11. The quantitative estimate of drug-likeness (QED) is 0.644. The summed E-state index contributed by atoms with van der Waals surface area (Å²) in [6.45, 7) is 0.0159. The van der Waals surface area contributed by atoms with Gasteiger partial charge >= 0.3 is 0 Å². The van der Waals surface area contributed by atoms with Crippen LogP contribution in [0.15, 0.2) is 48.5 Å². The van der Waals surface area contributed by atoms with Crippen molar-refractivity contribution in [3.8, 4) is 0 Å². The number of rotatable bonds is 4. The van der Waals surface area contributed by atoms with Crippen molar-refractivity contribution in [2.24, 2.45) is 0 Å². The second-order valence-corrected chi connectivity index (χ2v) is 5.57. The van der Waals surface area contributed by atoms with E-state index in [9.17, 15) is 5.11 Å². The van der Waals surface area contributed by atoms with E-state index >= 15 is 0 Å². The lowest BCUT2D eigenvalue weighted by atomic mass is 10.1. The summed E-state index contributed by atoms with van der Waals surface area (Å²) in [5.74, 6) is 0. The van der Waals surface area contributed by atoms with Crippen molar-refractivity contribution in [2.75, 3.05) is 17.7 Å². The van der Waals surface area contributed by atoms with Gasteiger partial charge in [0.2, 0.25) is 0 Å². The summed E-state index contributed by atoms with van der Waals surface area (Å²) < 4.78 is 1.04. The number of thiazole rings is 1. The molecule has 0 radical (unpaired) electrons. The highest BCUT2D eigenvalue weighted by molar-refractivity contribution is 7.22. The lowest BCUT2D eigenvalue weighted by Gasteiger charge is -2.15. The zero-order chi connectivity index (χ0) is 13.9. The number of aromatic nitrogens is 1. The van der Waals surface area contributed by atoms with Gasteiger partial charge in [0.25, 0.3) is 0 Å². The molecule has 0 aliphatic heterocycles. The minimum atomic E-state index is -0.158. The molecule has 1 atom stereocenters. The average Bonchev–Trinajstić information content (AvgIpc) is 2.87. The van der Waals surface area contributed by atoms with Crippen molar-refractivity contribution in [3.05, 3.63) is 54.1 Å². The van der Waals surface area contributed by atoms with E-state index in [0.29, 0.717) is 0 Å². The van der Waals surface area contributed by atoms with Crippen molar-refractivity contribution in [1.82, 2.24) is 4.98 Å². The molecule has 0 amide bonds. The first kappa shape index (κ1) is 12.9. The number of nitrogens with one attached hydrogen (secondary N) is 1. The first-order valence-corrected chi connectivity index (χ1v) is 7.16. The fourth-order valence-corrected chi connectivity index (χ4v) is 3.04. The van der Waals surface area contributed by atoms with Crippen LogP contribution >= 0.6 is 11.3 Å². The number of nitrogen functional groups attached to an aromatic ring is 1. The summed E-state index contributed by atoms with van der Waals surface area (Å²) in [5, 5.41) is 13.6. The molecule has 0 aliphatic carbocycles. The number of anilines is 2. The Kier molecular flexibility index (Phi) is 3.54. The van der Waals surface area contributed by atoms with E-state index in [4.69, 9.17) is 5.73 Å². The highest BCUT2D eigenvalue weighted by atomic mass is 32.1. The standard InChI is InChI=1S/C15H15N3OS/c16-11-6-7-12-14(8-11)20-15(17-12)18-13(9-19)10-4-2-1-3-5-10/h1-8,13,19H,9,16H2,(H,17,18). The summed E-state index contributed by atoms with van der Waals surface area (Å²) in [4.78, 5) is 4.51. The SMILES string of the molecule is Nc1ccc2nc(NC(CO)c3ccccc3)sc2c1. The lowest BCUT2D eigenvalue weighted by molar-refractivity contribution is 0.276. The molecule has 1 aromatic heterocycles. The number of benzene rings is 2. The highest BCUT2D eigenvalue weighted by Crippen LogP contribution is 2.29. The molecule has 3 aromatic rings. The molecule has 1 unspecified atom stereocenters. The number of fused-ring (bicyclic) bond motifs is 1. The molecule has 2 aromatic carbocycles. The number of aliphatic hydroxyl groups is 1. The van der Waals surface area contributed by atoms with E-state index in [1.807, 2.05) is 48.5 Å². The third kappa shape index (κ3) is 2.59. The van der Waals surface area contributed by atoms with Gasteiger partial charge in [-0.15, -0.1) is 0 Å². The van der Waals surface area contributed by atoms with Gasteiger partial charge in [0.1, 0.15) is 0 Å². The van der Waals surface area contributed by atoms with Gasteiger partial charge in [-0.1, -0.05) is 41.7 Å². The molecule has 4 nitrogen and oxygen atoms in total. The Labute approximate surface area is 120 Å². The Morgan fingerprint density at radius 1 is 1.20 bits per heavy atom. The molecule has 0 saturated carbocycles. The van der Waals surface area contributed by atoms with Crippen LogP contribution in [0.3, 0.4) is 0 Å². The predicted molar refractivity (Wildman–Crippen MR) is 83.9 cm³/mol. The predicted octanol–water partition coefficient (Wildman–Crippen LogP) is 3.02. The number of aliphatic hydroxyl groups excluding tert-OH is 1. The molecule has 5 heteroatoms. The second-order valence-electron chi connectivity index (χ2n) is 4.54. The molecule has 20 heavy (non-hydrogen) atoms. The molecule has 1 heterocycles. The van der Waals surface area contributed by atoms with E-state index in [0.717, 1.165) is 26.6 Å². The summed E-state index contributed by atoms with van der Waals surface area (Å²) in [6.07, 6.45) is 0. The van der Waals surface area contributed by atoms with Crippen LogP contribution in [0, 0.1) is 0 Å². The van der Waals surface area contributed by atoms with Crippen molar-refractivity contribution < 1.29 is 5.11 Å². The summed E-state index contributed by atoms with van der Waals surface area (Å²) in [6, 6.07) is 15.3. The van der Waals surface area contributed by atoms with E-state index in [-0.39, 0.29) is 12.6 Å². The van der Waals surface area contributed by atoms with Gasteiger partial charge < -0.3 is 16.2 Å². The topological polar surface area (TPSA) is 71.2 Å². The Morgan fingerprint density at radius 2 is 2.00 bits per heavy atom. The van der Waals surface area contributed by atoms with E-state index in [1.54, 1.807) is 0 Å². The highest BCUT2D eigenvalue weighted by Gasteiger charge is 2.12. The van der Waals surface area contributed by atoms with Crippen molar-refractivity contribution in [1.29, 1.82) is 0 Å². The maximum Gasteiger partial charge on any atom is 0.184 e. The Morgan fingerprint density at radius 3 is 2.75 bits per heavy atom. The van der Waals surface area contributed by atoms with Gasteiger partial charge in [-0.3, -0.25) is 0 Å². The van der Waals surface area contributed by atoms with Crippen LogP contribution in [0.25, 0.3) is 10.2 Å². The largest absolute Gasteiger partial charge is 0.399 e. The molecule has 0 fully saturated rings. The maximum absolute atomic E-state index is 9.55. The van der Waals surface area contributed by atoms with Crippen LogP contribution in [0.2, 0.25) is 0 Å². The van der Waals surface area contributed by atoms with Crippen LogP contribution in [0.5, 0.6) is 0 Å². The van der Waals surface area contributed by atoms with Crippen LogP contribution in [-0.4, -0.2) is 16.7 Å².